The van der Waals surface area contributed by atoms with Crippen LogP contribution >= 0.6 is 11.3 Å². The van der Waals surface area contributed by atoms with Crippen molar-refractivity contribution in [2.45, 2.75) is 44.9 Å². The van der Waals surface area contributed by atoms with E-state index in [-0.39, 0.29) is 0 Å². The van der Waals surface area contributed by atoms with E-state index in [1.807, 2.05) is 13.0 Å². The Balaban J connectivity index is 2.20. The molecule has 21 heavy (non-hydrogen) atoms. The zero-order valence-corrected chi connectivity index (χ0v) is 15.0. The molecule has 1 saturated heterocycles. The zero-order chi connectivity index (χ0) is 15.6. The first-order valence-electron chi connectivity index (χ1n) is 7.66. The topological polar surface area (TPSA) is 49.4 Å². The number of rotatable bonds is 5. The average molecular weight is 331 g/mol. The molecule has 0 aromatic carbocycles. The first-order valence-corrected chi connectivity index (χ1v) is 9.92. The van der Waals surface area contributed by atoms with E-state index in [4.69, 9.17) is 0 Å². The lowest BCUT2D eigenvalue weighted by atomic mass is 9.90. The molecule has 0 spiro atoms. The number of nitrogens with one attached hydrogen (secondary N) is 1. The Kier molecular flexibility index (Phi) is 5.46. The smallest absolute Gasteiger partial charge is 0.252 e. The minimum Gasteiger partial charge on any atom is -0.312 e. The summed E-state index contributed by atoms with van der Waals surface area (Å²) in [7, 11) is -3.32. The van der Waals surface area contributed by atoms with Crippen molar-refractivity contribution >= 4 is 21.4 Å². The number of piperidine rings is 1. The summed E-state index contributed by atoms with van der Waals surface area (Å²) in [5.74, 6) is 1.03. The van der Waals surface area contributed by atoms with Gasteiger partial charge in [-0.1, -0.05) is 20.8 Å². The summed E-state index contributed by atoms with van der Waals surface area (Å²) in [6.07, 6.45) is 0.953. The quantitative estimate of drug-likeness (QED) is 0.903. The summed E-state index contributed by atoms with van der Waals surface area (Å²) in [5, 5.41) is 3.26. The van der Waals surface area contributed by atoms with Crippen molar-refractivity contribution < 1.29 is 8.42 Å². The van der Waals surface area contributed by atoms with E-state index in [0.717, 1.165) is 30.0 Å². The first kappa shape index (κ1) is 16.9. The molecule has 1 aromatic heterocycles. The van der Waals surface area contributed by atoms with Crippen LogP contribution in [0, 0.1) is 18.8 Å². The molecule has 1 aliphatic heterocycles. The molecule has 0 bridgehead atoms. The SMILES string of the molecule is CCNCc1sc(S(=O)(=O)N2CCC(C)C(C)C2)cc1C. The third-order valence-electron chi connectivity index (χ3n) is 4.42. The monoisotopic (exact) mass is 330 g/mol. The summed E-state index contributed by atoms with van der Waals surface area (Å²) in [6, 6.07) is 1.83. The largest absolute Gasteiger partial charge is 0.312 e. The van der Waals surface area contributed by atoms with E-state index in [1.54, 1.807) is 4.31 Å². The second-order valence-corrected chi connectivity index (χ2v) is 9.36. The molecule has 2 heterocycles. The summed E-state index contributed by atoms with van der Waals surface area (Å²) in [6.45, 7) is 11.3. The van der Waals surface area contributed by atoms with Gasteiger partial charge in [0.2, 0.25) is 0 Å². The fourth-order valence-electron chi connectivity index (χ4n) is 2.60. The van der Waals surface area contributed by atoms with E-state index < -0.39 is 10.0 Å². The van der Waals surface area contributed by atoms with Gasteiger partial charge in [0.05, 0.1) is 0 Å². The van der Waals surface area contributed by atoms with Crippen LogP contribution in [-0.4, -0.2) is 32.4 Å². The standard InChI is InChI=1S/C15H26N2O2S2/c1-5-16-9-14-12(3)8-15(20-14)21(18,19)17-7-6-11(2)13(4)10-17/h8,11,13,16H,5-7,9-10H2,1-4H3. The lowest BCUT2D eigenvalue weighted by molar-refractivity contribution is 0.213. The third kappa shape index (κ3) is 3.67. The van der Waals surface area contributed by atoms with Crippen molar-refractivity contribution in [2.75, 3.05) is 19.6 Å². The van der Waals surface area contributed by atoms with Gasteiger partial charge < -0.3 is 5.32 Å². The van der Waals surface area contributed by atoms with Crippen LogP contribution in [0.3, 0.4) is 0 Å². The second kappa shape index (κ2) is 6.77. The fraction of sp³-hybridized carbons (Fsp3) is 0.733. The second-order valence-electron chi connectivity index (χ2n) is 6.06. The number of hydrogen-bond acceptors (Lipinski definition) is 4. The maximum atomic E-state index is 12.8. The molecule has 2 atom stereocenters. The van der Waals surface area contributed by atoms with Crippen LogP contribution in [0.1, 0.15) is 37.6 Å². The van der Waals surface area contributed by atoms with Gasteiger partial charge in [0.25, 0.3) is 10.0 Å². The highest BCUT2D eigenvalue weighted by Crippen LogP contribution is 2.32. The molecule has 2 rings (SSSR count). The fourth-order valence-corrected chi connectivity index (χ4v) is 5.87. The van der Waals surface area contributed by atoms with Crippen LogP contribution in [0.4, 0.5) is 0 Å². The van der Waals surface area contributed by atoms with Crippen molar-refractivity contribution in [3.8, 4) is 0 Å². The first-order chi connectivity index (χ1) is 9.86. The number of nitrogens with zero attached hydrogens (tertiary/aromatic N) is 1. The van der Waals surface area contributed by atoms with Gasteiger partial charge in [-0.05, 0) is 43.4 Å². The summed E-state index contributed by atoms with van der Waals surface area (Å²) in [5.41, 5.74) is 1.07. The van der Waals surface area contributed by atoms with Crippen molar-refractivity contribution in [3.05, 3.63) is 16.5 Å². The highest BCUT2D eigenvalue weighted by molar-refractivity contribution is 7.91. The Bertz CT molecular complexity index is 580. The number of sulfonamides is 1. The molecule has 1 aromatic rings. The van der Waals surface area contributed by atoms with Crippen molar-refractivity contribution in [3.63, 3.8) is 0 Å². The minimum atomic E-state index is -3.32. The van der Waals surface area contributed by atoms with Gasteiger partial charge >= 0.3 is 0 Å². The van der Waals surface area contributed by atoms with Crippen LogP contribution in [0.5, 0.6) is 0 Å². The van der Waals surface area contributed by atoms with E-state index in [1.165, 1.54) is 11.3 Å². The lowest BCUT2D eigenvalue weighted by Crippen LogP contribution is -2.41. The predicted octanol–water partition coefficient (Wildman–Crippen LogP) is 2.83. The molecule has 4 nitrogen and oxygen atoms in total. The van der Waals surface area contributed by atoms with Crippen LogP contribution in [0.2, 0.25) is 0 Å². The number of aryl methyl sites for hydroxylation is 1. The molecule has 0 saturated carbocycles. The zero-order valence-electron chi connectivity index (χ0n) is 13.3. The maximum Gasteiger partial charge on any atom is 0.252 e. The van der Waals surface area contributed by atoms with Gasteiger partial charge in [-0.25, -0.2) is 8.42 Å². The van der Waals surface area contributed by atoms with Crippen LogP contribution in [0.15, 0.2) is 10.3 Å². The molecule has 120 valence electrons. The van der Waals surface area contributed by atoms with Crippen LogP contribution in [-0.2, 0) is 16.6 Å². The molecule has 1 N–H and O–H groups in total. The highest BCUT2D eigenvalue weighted by atomic mass is 32.2. The van der Waals surface area contributed by atoms with E-state index in [0.29, 0.717) is 29.1 Å². The van der Waals surface area contributed by atoms with E-state index in [2.05, 4.69) is 26.1 Å². The summed E-state index contributed by atoms with van der Waals surface area (Å²) >= 11 is 1.41. The average Bonchev–Trinajstić information content (AvgIpc) is 2.81. The van der Waals surface area contributed by atoms with Gasteiger partial charge in [-0.2, -0.15) is 4.31 Å². The van der Waals surface area contributed by atoms with Crippen molar-refractivity contribution in [1.29, 1.82) is 0 Å². The Hall–Kier alpha value is -0.430. The van der Waals surface area contributed by atoms with Crippen LogP contribution < -0.4 is 5.32 Å². The Morgan fingerprint density at radius 3 is 2.71 bits per heavy atom. The Labute approximate surface area is 132 Å². The molecule has 2 unspecified atom stereocenters. The van der Waals surface area contributed by atoms with Crippen LogP contribution in [0.25, 0.3) is 0 Å². The molecule has 0 amide bonds. The van der Waals surface area contributed by atoms with Gasteiger partial charge in [0.15, 0.2) is 0 Å². The third-order valence-corrected chi connectivity index (χ3v) is 7.98. The maximum absolute atomic E-state index is 12.8. The molecule has 1 aliphatic rings. The van der Waals surface area contributed by atoms with Crippen molar-refractivity contribution in [1.82, 2.24) is 9.62 Å². The molecule has 0 radical (unpaired) electrons. The van der Waals surface area contributed by atoms with E-state index >= 15 is 0 Å². The summed E-state index contributed by atoms with van der Waals surface area (Å²) in [4.78, 5) is 1.12. The Morgan fingerprint density at radius 2 is 2.10 bits per heavy atom. The van der Waals surface area contributed by atoms with Crippen molar-refractivity contribution in [2.24, 2.45) is 11.8 Å². The number of hydrogen-bond donors (Lipinski definition) is 1. The minimum absolute atomic E-state index is 0.427. The molecular weight excluding hydrogens is 304 g/mol. The summed E-state index contributed by atoms with van der Waals surface area (Å²) < 4.78 is 27.8. The predicted molar refractivity (Wildman–Crippen MR) is 88.1 cm³/mol. The lowest BCUT2D eigenvalue weighted by Gasteiger charge is -2.34. The van der Waals surface area contributed by atoms with Gasteiger partial charge in [-0.15, -0.1) is 11.3 Å². The normalized spacial score (nSPS) is 24.4. The molecule has 6 heteroatoms. The molecule has 0 aliphatic carbocycles. The molecule has 1 fully saturated rings. The van der Waals surface area contributed by atoms with Gasteiger partial charge in [0, 0.05) is 24.5 Å². The van der Waals surface area contributed by atoms with Gasteiger partial charge in [0.1, 0.15) is 4.21 Å². The van der Waals surface area contributed by atoms with Gasteiger partial charge in [-0.3, -0.25) is 0 Å². The van der Waals surface area contributed by atoms with E-state index in [9.17, 15) is 8.42 Å². The number of thiophene rings is 1. The highest BCUT2D eigenvalue weighted by Gasteiger charge is 2.32. The Morgan fingerprint density at radius 1 is 1.38 bits per heavy atom. The molecular formula is C15H26N2O2S2.